The van der Waals surface area contributed by atoms with Crippen LogP contribution >= 0.6 is 0 Å². The van der Waals surface area contributed by atoms with E-state index in [0.717, 1.165) is 13.1 Å². The molecule has 1 aliphatic heterocycles. The second-order valence-electron chi connectivity index (χ2n) is 4.43. The van der Waals surface area contributed by atoms with Crippen molar-refractivity contribution in [3.8, 4) is 0 Å². The van der Waals surface area contributed by atoms with E-state index in [1.807, 2.05) is 13.8 Å². The van der Waals surface area contributed by atoms with E-state index in [1.54, 1.807) is 10.9 Å². The molecule has 2 heterocycles. The predicted molar refractivity (Wildman–Crippen MR) is 65.3 cm³/mol. The summed E-state index contributed by atoms with van der Waals surface area (Å²) < 4.78 is 6.97. The van der Waals surface area contributed by atoms with Gasteiger partial charge in [0.1, 0.15) is 0 Å². The molecular weight excluding hydrogens is 234 g/mol. The van der Waals surface area contributed by atoms with E-state index in [9.17, 15) is 4.79 Å². The fourth-order valence-electron chi connectivity index (χ4n) is 1.65. The molecule has 7 heteroatoms. The summed E-state index contributed by atoms with van der Waals surface area (Å²) in [5.41, 5.74) is 0.352. The zero-order valence-electron chi connectivity index (χ0n) is 10.7. The summed E-state index contributed by atoms with van der Waals surface area (Å²) in [7, 11) is 0. The second kappa shape index (κ2) is 5.92. The molecule has 1 fully saturated rings. The van der Waals surface area contributed by atoms with Crippen molar-refractivity contribution in [1.29, 1.82) is 0 Å². The minimum Gasteiger partial charge on any atom is -0.380 e. The van der Waals surface area contributed by atoms with Gasteiger partial charge in [-0.05, 0) is 13.8 Å². The first-order chi connectivity index (χ1) is 8.70. The number of amides is 1. The molecule has 0 spiro atoms. The smallest absolute Gasteiger partial charge is 0.273 e. The number of hydrogen-bond acceptors (Lipinski definition) is 5. The Hall–Kier alpha value is -1.47. The maximum Gasteiger partial charge on any atom is 0.273 e. The largest absolute Gasteiger partial charge is 0.380 e. The van der Waals surface area contributed by atoms with Crippen LogP contribution < -0.4 is 10.6 Å². The molecule has 0 radical (unpaired) electrons. The Labute approximate surface area is 106 Å². The van der Waals surface area contributed by atoms with Gasteiger partial charge in [-0.1, -0.05) is 5.21 Å². The SMILES string of the molecule is CCOCC(C)NC(=O)c1cn(C2CNC2)nn1. The van der Waals surface area contributed by atoms with E-state index in [-0.39, 0.29) is 11.9 Å². The lowest BCUT2D eigenvalue weighted by molar-refractivity contribution is 0.0867. The summed E-state index contributed by atoms with van der Waals surface area (Å²) >= 11 is 0. The lowest BCUT2D eigenvalue weighted by atomic mass is 10.2. The van der Waals surface area contributed by atoms with E-state index in [1.165, 1.54) is 0 Å². The van der Waals surface area contributed by atoms with Crippen LogP contribution in [0.5, 0.6) is 0 Å². The zero-order valence-corrected chi connectivity index (χ0v) is 10.7. The van der Waals surface area contributed by atoms with Crippen LogP contribution in [0, 0.1) is 0 Å². The first kappa shape index (κ1) is 13.0. The van der Waals surface area contributed by atoms with E-state index in [4.69, 9.17) is 4.74 Å². The van der Waals surface area contributed by atoms with Crippen LogP contribution in [0.4, 0.5) is 0 Å². The third-order valence-electron chi connectivity index (χ3n) is 2.83. The molecule has 0 bridgehead atoms. The first-order valence-corrected chi connectivity index (χ1v) is 6.22. The Balaban J connectivity index is 1.86. The van der Waals surface area contributed by atoms with Gasteiger partial charge in [-0.15, -0.1) is 5.10 Å². The van der Waals surface area contributed by atoms with Crippen LogP contribution in [0.2, 0.25) is 0 Å². The lowest BCUT2D eigenvalue weighted by Gasteiger charge is -2.26. The van der Waals surface area contributed by atoms with Crippen LogP contribution in [-0.2, 0) is 4.74 Å². The van der Waals surface area contributed by atoms with Crippen molar-refractivity contribution in [2.24, 2.45) is 0 Å². The van der Waals surface area contributed by atoms with Crippen molar-refractivity contribution in [2.75, 3.05) is 26.3 Å². The standard InChI is InChI=1S/C11H19N5O2/c1-3-18-7-8(2)13-11(17)10-6-16(15-14-10)9-4-12-5-9/h6,8-9,12H,3-5,7H2,1-2H3,(H,13,17). The summed E-state index contributed by atoms with van der Waals surface area (Å²) in [4.78, 5) is 11.9. The Bertz CT molecular complexity index is 402. The molecule has 1 aliphatic rings. The Morgan fingerprint density at radius 3 is 3.11 bits per heavy atom. The molecule has 100 valence electrons. The molecule has 1 saturated heterocycles. The topological polar surface area (TPSA) is 81.1 Å². The van der Waals surface area contributed by atoms with Crippen molar-refractivity contribution >= 4 is 5.91 Å². The van der Waals surface area contributed by atoms with Gasteiger partial charge in [-0.2, -0.15) is 0 Å². The Kier molecular flexibility index (Phi) is 4.27. The van der Waals surface area contributed by atoms with E-state index in [0.29, 0.717) is 24.9 Å². The average Bonchev–Trinajstić information content (AvgIpc) is 2.73. The van der Waals surface area contributed by atoms with Crippen LogP contribution in [0.15, 0.2) is 6.20 Å². The number of rotatable bonds is 6. The number of carbonyl (C=O) groups is 1. The molecule has 0 saturated carbocycles. The molecule has 0 aliphatic carbocycles. The molecule has 2 rings (SSSR count). The van der Waals surface area contributed by atoms with Crippen LogP contribution in [0.25, 0.3) is 0 Å². The molecule has 1 aromatic heterocycles. The van der Waals surface area contributed by atoms with Crippen molar-refractivity contribution in [3.63, 3.8) is 0 Å². The molecular formula is C11H19N5O2. The highest BCUT2D eigenvalue weighted by Crippen LogP contribution is 2.09. The lowest BCUT2D eigenvalue weighted by Crippen LogP contribution is -2.43. The van der Waals surface area contributed by atoms with Crippen molar-refractivity contribution in [3.05, 3.63) is 11.9 Å². The van der Waals surface area contributed by atoms with E-state index < -0.39 is 0 Å². The maximum atomic E-state index is 11.9. The Morgan fingerprint density at radius 1 is 1.72 bits per heavy atom. The van der Waals surface area contributed by atoms with Gasteiger partial charge < -0.3 is 15.4 Å². The third kappa shape index (κ3) is 3.05. The summed E-state index contributed by atoms with van der Waals surface area (Å²) in [6.07, 6.45) is 1.69. The normalized spacial score (nSPS) is 17.2. The van der Waals surface area contributed by atoms with Gasteiger partial charge in [0.05, 0.1) is 18.8 Å². The quantitative estimate of drug-likeness (QED) is 0.719. The van der Waals surface area contributed by atoms with Crippen molar-refractivity contribution in [1.82, 2.24) is 25.6 Å². The fraction of sp³-hybridized carbons (Fsp3) is 0.727. The second-order valence-corrected chi connectivity index (χ2v) is 4.43. The maximum absolute atomic E-state index is 11.9. The van der Waals surface area contributed by atoms with Crippen molar-refractivity contribution < 1.29 is 9.53 Å². The van der Waals surface area contributed by atoms with E-state index >= 15 is 0 Å². The van der Waals surface area contributed by atoms with Gasteiger partial charge >= 0.3 is 0 Å². The number of nitrogens with one attached hydrogen (secondary N) is 2. The van der Waals surface area contributed by atoms with Gasteiger partial charge in [0, 0.05) is 25.7 Å². The number of nitrogens with zero attached hydrogens (tertiary/aromatic N) is 3. The zero-order chi connectivity index (χ0) is 13.0. The van der Waals surface area contributed by atoms with E-state index in [2.05, 4.69) is 20.9 Å². The fourth-order valence-corrected chi connectivity index (χ4v) is 1.65. The highest BCUT2D eigenvalue weighted by Gasteiger charge is 2.22. The average molecular weight is 253 g/mol. The number of ether oxygens (including phenoxy) is 1. The molecule has 1 amide bonds. The first-order valence-electron chi connectivity index (χ1n) is 6.22. The number of aromatic nitrogens is 3. The monoisotopic (exact) mass is 253 g/mol. The highest BCUT2D eigenvalue weighted by molar-refractivity contribution is 5.92. The number of carbonyl (C=O) groups excluding carboxylic acids is 1. The van der Waals surface area contributed by atoms with Crippen LogP contribution in [0.3, 0.4) is 0 Å². The van der Waals surface area contributed by atoms with Crippen molar-refractivity contribution in [2.45, 2.75) is 25.9 Å². The summed E-state index contributed by atoms with van der Waals surface area (Å²) in [6.45, 7) is 6.73. The van der Waals surface area contributed by atoms with Gasteiger partial charge in [-0.25, -0.2) is 4.68 Å². The van der Waals surface area contributed by atoms with Gasteiger partial charge in [0.15, 0.2) is 5.69 Å². The summed E-state index contributed by atoms with van der Waals surface area (Å²) in [5, 5.41) is 13.8. The van der Waals surface area contributed by atoms with Gasteiger partial charge in [-0.3, -0.25) is 4.79 Å². The highest BCUT2D eigenvalue weighted by atomic mass is 16.5. The Morgan fingerprint density at radius 2 is 2.50 bits per heavy atom. The third-order valence-corrected chi connectivity index (χ3v) is 2.83. The molecule has 1 atom stereocenters. The number of hydrogen-bond donors (Lipinski definition) is 2. The minimum atomic E-state index is -0.208. The van der Waals surface area contributed by atoms with Gasteiger partial charge in [0.25, 0.3) is 5.91 Å². The van der Waals surface area contributed by atoms with Gasteiger partial charge in [0.2, 0.25) is 0 Å². The molecule has 1 aromatic rings. The molecule has 7 nitrogen and oxygen atoms in total. The molecule has 1 unspecified atom stereocenters. The molecule has 18 heavy (non-hydrogen) atoms. The molecule has 2 N–H and O–H groups in total. The summed E-state index contributed by atoms with van der Waals surface area (Å²) in [6, 6.07) is 0.285. The van der Waals surface area contributed by atoms with Crippen LogP contribution in [-0.4, -0.2) is 53.2 Å². The predicted octanol–water partition coefficient (Wildman–Crippen LogP) is -0.423. The molecule has 0 aromatic carbocycles. The summed E-state index contributed by atoms with van der Waals surface area (Å²) in [5.74, 6) is -0.208. The van der Waals surface area contributed by atoms with Crippen LogP contribution in [0.1, 0.15) is 30.4 Å². The minimum absolute atomic E-state index is 0.0343.